The van der Waals surface area contributed by atoms with E-state index in [2.05, 4.69) is 35.9 Å². The van der Waals surface area contributed by atoms with E-state index < -0.39 is 0 Å². The van der Waals surface area contributed by atoms with Gasteiger partial charge in [0, 0.05) is 0 Å². The molecule has 42 valence electrons. The molecule has 0 amide bonds. The Morgan fingerprint density at radius 2 is 2.38 bits per heavy atom. The Bertz CT molecular complexity index is 147. The molecule has 1 aliphatic carbocycles. The molecule has 8 heavy (non-hydrogen) atoms. The van der Waals surface area contributed by atoms with Crippen molar-refractivity contribution in [2.75, 3.05) is 0 Å². The van der Waals surface area contributed by atoms with Crippen LogP contribution in [0.2, 0.25) is 0 Å². The predicted octanol–water partition coefficient (Wildman–Crippen LogP) is 1.58. The summed E-state index contributed by atoms with van der Waals surface area (Å²) in [6.45, 7) is 0. The molecule has 0 spiro atoms. The average Bonchev–Trinajstić information content (AvgIpc) is 1.64. The van der Waals surface area contributed by atoms with Crippen molar-refractivity contribution in [3.63, 3.8) is 0 Å². The van der Waals surface area contributed by atoms with Crippen molar-refractivity contribution in [2.24, 2.45) is 0 Å². The van der Waals surface area contributed by atoms with Crippen molar-refractivity contribution in [1.29, 1.82) is 0 Å². The second kappa shape index (κ2) is 2.54. The van der Waals surface area contributed by atoms with E-state index in [0.29, 0.717) is 0 Å². The highest BCUT2D eigenvalue weighted by molar-refractivity contribution is 9.11. The molecule has 1 rings (SSSR count). The fourth-order valence-electron chi connectivity index (χ4n) is 0.816. The van der Waals surface area contributed by atoms with Gasteiger partial charge in [-0.25, -0.2) is 0 Å². The van der Waals surface area contributed by atoms with Crippen LogP contribution in [0.4, 0.5) is 0 Å². The van der Waals surface area contributed by atoms with Gasteiger partial charge in [0.05, 0.1) is 0 Å². The third-order valence-corrected chi connectivity index (χ3v) is 1.86. The van der Waals surface area contributed by atoms with E-state index in [4.69, 9.17) is 0 Å². The summed E-state index contributed by atoms with van der Waals surface area (Å²) >= 11 is 3.45. The van der Waals surface area contributed by atoms with E-state index >= 15 is 0 Å². The normalized spacial score (nSPS) is 19.6. The first kappa shape index (κ1) is 6.15. The maximum Gasteiger partial charge on any atom is 0.138 e. The minimum Gasteiger partial charge on any atom is -0.0921 e. The monoisotopic (exact) mass is 170 g/mol. The first-order chi connectivity index (χ1) is 3.79. The minimum absolute atomic E-state index is 1.18. The van der Waals surface area contributed by atoms with Crippen LogP contribution in [0.3, 0.4) is 0 Å². The largest absolute Gasteiger partial charge is 0.138 e. The maximum atomic E-state index is 3.45. The maximum absolute atomic E-state index is 3.45. The zero-order valence-corrected chi connectivity index (χ0v) is 6.53. The Morgan fingerprint density at radius 3 is 2.75 bits per heavy atom. The molecule has 0 radical (unpaired) electrons. The lowest BCUT2D eigenvalue weighted by atomic mass is 9.91. The summed E-state index contributed by atoms with van der Waals surface area (Å²) < 4.78 is 1.33. The lowest BCUT2D eigenvalue weighted by Crippen LogP contribution is -1.85. The van der Waals surface area contributed by atoms with Gasteiger partial charge in [0.1, 0.15) is 7.85 Å². The zero-order chi connectivity index (χ0) is 5.98. The van der Waals surface area contributed by atoms with Gasteiger partial charge in [-0.3, -0.25) is 0 Å². The minimum atomic E-state index is 1.18. The van der Waals surface area contributed by atoms with Crippen molar-refractivity contribution in [3.05, 3.63) is 22.1 Å². The Morgan fingerprint density at radius 1 is 1.62 bits per heavy atom. The van der Waals surface area contributed by atoms with Crippen molar-refractivity contribution >= 4 is 23.8 Å². The topological polar surface area (TPSA) is 0 Å². The predicted molar refractivity (Wildman–Crippen MR) is 42.9 cm³/mol. The third kappa shape index (κ3) is 1.51. The van der Waals surface area contributed by atoms with Gasteiger partial charge in [-0.2, -0.15) is 0 Å². The molecule has 2 heteroatoms. The molecule has 1 aliphatic rings. The number of rotatable bonds is 0. The number of allylic oxidation sites excluding steroid dienone is 4. The Labute approximate surface area is 59.2 Å². The van der Waals surface area contributed by atoms with Crippen molar-refractivity contribution in [1.82, 2.24) is 0 Å². The van der Waals surface area contributed by atoms with E-state index in [0.717, 1.165) is 0 Å². The molecule has 0 heterocycles. The van der Waals surface area contributed by atoms with Crippen LogP contribution in [0.1, 0.15) is 12.8 Å². The van der Waals surface area contributed by atoms with Crippen LogP contribution >= 0.6 is 15.9 Å². The Kier molecular flexibility index (Phi) is 1.95. The fourth-order valence-corrected chi connectivity index (χ4v) is 1.41. The molecule has 0 saturated heterocycles. The van der Waals surface area contributed by atoms with Gasteiger partial charge in [-0.1, -0.05) is 33.6 Å². The van der Waals surface area contributed by atoms with Crippen LogP contribution in [0, 0.1) is 0 Å². The van der Waals surface area contributed by atoms with E-state index in [-0.39, 0.29) is 0 Å². The number of halogens is 1. The first-order valence-corrected chi connectivity index (χ1v) is 3.61. The van der Waals surface area contributed by atoms with Gasteiger partial charge in [-0.15, -0.1) is 0 Å². The molecule has 0 aromatic carbocycles. The van der Waals surface area contributed by atoms with E-state index in [1.807, 2.05) is 0 Å². The summed E-state index contributed by atoms with van der Waals surface area (Å²) in [5.74, 6) is 0. The molecular formula is C6H8BBr. The van der Waals surface area contributed by atoms with E-state index in [9.17, 15) is 0 Å². The van der Waals surface area contributed by atoms with Gasteiger partial charge >= 0.3 is 0 Å². The fraction of sp³-hybridized carbons (Fsp3) is 0.333. The van der Waals surface area contributed by atoms with Crippen LogP contribution in [0.15, 0.2) is 22.1 Å². The van der Waals surface area contributed by atoms with Crippen molar-refractivity contribution in [3.8, 4) is 0 Å². The molecule has 0 nitrogen and oxygen atoms in total. The standard InChI is InChI=1S/C6H8BBr/c7-5-2-1-3-6(8)4-5/h2,4H,1,3,7H2. The van der Waals surface area contributed by atoms with Crippen LogP contribution in [0.25, 0.3) is 0 Å². The van der Waals surface area contributed by atoms with Crippen LogP contribution in [-0.2, 0) is 0 Å². The summed E-state index contributed by atoms with van der Waals surface area (Å²) in [5, 5.41) is 0. The first-order valence-electron chi connectivity index (χ1n) is 2.82. The molecular weight excluding hydrogens is 163 g/mol. The van der Waals surface area contributed by atoms with Crippen LogP contribution in [0.5, 0.6) is 0 Å². The van der Waals surface area contributed by atoms with Crippen LogP contribution < -0.4 is 0 Å². The third-order valence-electron chi connectivity index (χ3n) is 1.23. The molecule has 0 aromatic heterocycles. The Balaban J connectivity index is 2.69. The summed E-state index contributed by atoms with van der Waals surface area (Å²) in [6, 6.07) is 0. The molecule has 0 N–H and O–H groups in total. The van der Waals surface area contributed by atoms with Crippen molar-refractivity contribution in [2.45, 2.75) is 12.8 Å². The van der Waals surface area contributed by atoms with Gasteiger partial charge in [0.15, 0.2) is 0 Å². The molecule has 0 atom stereocenters. The van der Waals surface area contributed by atoms with Crippen molar-refractivity contribution < 1.29 is 0 Å². The van der Waals surface area contributed by atoms with E-state index in [1.165, 1.54) is 22.8 Å². The lowest BCUT2D eigenvalue weighted by Gasteiger charge is -2.03. The molecule has 0 aromatic rings. The second-order valence-corrected chi connectivity index (χ2v) is 3.10. The molecule has 0 unspecified atom stereocenters. The summed E-state index contributed by atoms with van der Waals surface area (Å²) in [7, 11) is 2.13. The number of hydrogen-bond acceptors (Lipinski definition) is 0. The highest BCUT2D eigenvalue weighted by Gasteiger charge is 1.96. The molecule has 0 saturated carbocycles. The molecule has 0 fully saturated rings. The van der Waals surface area contributed by atoms with E-state index in [1.54, 1.807) is 0 Å². The summed E-state index contributed by atoms with van der Waals surface area (Å²) in [6.07, 6.45) is 6.80. The van der Waals surface area contributed by atoms with Gasteiger partial charge in [-0.05, 0) is 17.3 Å². The Hall–Kier alpha value is 0.0249. The van der Waals surface area contributed by atoms with Gasteiger partial charge < -0.3 is 0 Å². The molecule has 0 bridgehead atoms. The van der Waals surface area contributed by atoms with Crippen LogP contribution in [-0.4, -0.2) is 7.85 Å². The summed E-state index contributed by atoms with van der Waals surface area (Å²) in [4.78, 5) is 0. The number of hydrogen-bond donors (Lipinski definition) is 0. The zero-order valence-electron chi connectivity index (χ0n) is 4.95. The van der Waals surface area contributed by atoms with Gasteiger partial charge in [0.25, 0.3) is 0 Å². The highest BCUT2D eigenvalue weighted by atomic mass is 79.9. The molecule has 0 aliphatic heterocycles. The summed E-state index contributed by atoms with van der Waals surface area (Å²) in [5.41, 5.74) is 1.38. The second-order valence-electron chi connectivity index (χ2n) is 2.08. The average molecular weight is 171 g/mol. The quantitative estimate of drug-likeness (QED) is 0.485. The van der Waals surface area contributed by atoms with Gasteiger partial charge in [0.2, 0.25) is 0 Å². The smallest absolute Gasteiger partial charge is 0.0921 e. The lowest BCUT2D eigenvalue weighted by molar-refractivity contribution is 1.02. The SMILES string of the molecule is BC1=CCCC(Br)=C1. The highest BCUT2D eigenvalue weighted by Crippen LogP contribution is 2.19.